The maximum atomic E-state index is 15.7. The number of fused-ring (bicyclic) bond motifs is 6. The summed E-state index contributed by atoms with van der Waals surface area (Å²) in [5.41, 5.74) is 12.0. The topological polar surface area (TPSA) is 17.0 Å². The lowest BCUT2D eigenvalue weighted by Crippen LogP contribution is -2.31. The second-order valence-electron chi connectivity index (χ2n) is 11.2. The molecule has 0 aliphatic heterocycles. The third kappa shape index (κ3) is 3.08. The number of hydrogen-bond donors (Lipinski definition) is 0. The maximum Gasteiger partial charge on any atom is 0.216 e. The van der Waals surface area contributed by atoms with Crippen molar-refractivity contribution in [1.82, 2.24) is 0 Å². The van der Waals surface area contributed by atoms with Crippen molar-refractivity contribution < 1.29 is 13.4 Å². The molecule has 0 radical (unpaired) electrons. The highest BCUT2D eigenvalue weighted by atomic mass is 19.1. The van der Waals surface area contributed by atoms with Gasteiger partial charge in [0.25, 0.3) is 0 Å². The summed E-state index contributed by atoms with van der Waals surface area (Å²) in [5, 5.41) is 1.92. The number of benzene rings is 4. The van der Waals surface area contributed by atoms with Crippen molar-refractivity contribution in [2.45, 2.75) is 33.1 Å². The number of nitrogens with zero attached hydrogens (tertiary/aromatic N) is 1. The van der Waals surface area contributed by atoms with Gasteiger partial charge in [-0.1, -0.05) is 62.4 Å². The number of aryl methyl sites for hydroxylation is 3. The van der Waals surface area contributed by atoms with E-state index in [1.807, 2.05) is 12.1 Å². The fourth-order valence-corrected chi connectivity index (χ4v) is 6.45. The van der Waals surface area contributed by atoms with Gasteiger partial charge in [0.05, 0.1) is 11.1 Å². The zero-order valence-electron chi connectivity index (χ0n) is 22.3. The Bertz CT molecular complexity index is 1940. The number of rotatable bonds is 2. The molecule has 1 aliphatic carbocycles. The number of furan rings is 1. The second kappa shape index (κ2) is 7.88. The van der Waals surface area contributed by atoms with Crippen LogP contribution >= 0.6 is 0 Å². The van der Waals surface area contributed by atoms with Crippen LogP contribution in [0.5, 0.6) is 0 Å². The van der Waals surface area contributed by atoms with Crippen molar-refractivity contribution in [3.63, 3.8) is 0 Å². The molecule has 7 rings (SSSR count). The van der Waals surface area contributed by atoms with Crippen LogP contribution in [0.15, 0.2) is 89.5 Å². The SMILES string of the molecule is Cc1ccc(-c2c(C)ccc3c2oc2c(-c4ccc5c(c4)-c4ccccc4C5(C)C)c(F)ccc23)[n+](C)c1. The standard InChI is InChI=1S/C35H29FNO/c1-20-10-17-30(37(5)19-20)31-21(2)11-13-24-25-14-16-29(36)32(34(25)38-33(24)31)22-12-15-28-26(18-22)23-8-6-7-9-27(23)35(28,3)4/h6-19H,1-5H3/q+1. The van der Waals surface area contributed by atoms with Gasteiger partial charge in [-0.3, -0.25) is 0 Å². The lowest BCUT2D eigenvalue weighted by molar-refractivity contribution is -0.660. The van der Waals surface area contributed by atoms with E-state index in [-0.39, 0.29) is 11.2 Å². The molecule has 38 heavy (non-hydrogen) atoms. The largest absolute Gasteiger partial charge is 0.454 e. The summed E-state index contributed by atoms with van der Waals surface area (Å²) in [6.07, 6.45) is 2.12. The van der Waals surface area contributed by atoms with Gasteiger partial charge in [0, 0.05) is 27.8 Å². The molecule has 186 valence electrons. The Morgan fingerprint density at radius 2 is 1.45 bits per heavy atom. The summed E-state index contributed by atoms with van der Waals surface area (Å²) >= 11 is 0. The van der Waals surface area contributed by atoms with Crippen LogP contribution in [0.1, 0.15) is 36.1 Å². The zero-order chi connectivity index (χ0) is 26.3. The van der Waals surface area contributed by atoms with Gasteiger partial charge in [0.2, 0.25) is 5.69 Å². The molecule has 0 atom stereocenters. The molecule has 0 saturated heterocycles. The summed E-state index contributed by atoms with van der Waals surface area (Å²) in [5.74, 6) is -0.277. The molecule has 0 saturated carbocycles. The molecular formula is C35H29FNO+. The highest BCUT2D eigenvalue weighted by Gasteiger charge is 2.35. The van der Waals surface area contributed by atoms with Crippen molar-refractivity contribution >= 4 is 21.9 Å². The molecule has 0 bridgehead atoms. The second-order valence-corrected chi connectivity index (χ2v) is 11.2. The Morgan fingerprint density at radius 1 is 0.737 bits per heavy atom. The normalized spacial score (nSPS) is 13.7. The molecular weight excluding hydrogens is 469 g/mol. The van der Waals surface area contributed by atoms with Crippen molar-refractivity contribution in [2.75, 3.05) is 0 Å². The summed E-state index contributed by atoms with van der Waals surface area (Å²) in [7, 11) is 2.05. The first-order valence-electron chi connectivity index (χ1n) is 13.1. The number of hydrogen-bond acceptors (Lipinski definition) is 1. The molecule has 2 heterocycles. The van der Waals surface area contributed by atoms with Crippen molar-refractivity contribution in [3.8, 4) is 33.5 Å². The Hall–Kier alpha value is -4.24. The van der Waals surface area contributed by atoms with E-state index in [1.165, 1.54) is 27.8 Å². The Kier molecular flexibility index (Phi) is 4.75. The molecule has 0 unspecified atom stereocenters. The number of pyridine rings is 1. The summed E-state index contributed by atoms with van der Waals surface area (Å²) in [6.45, 7) is 8.70. The van der Waals surface area contributed by atoms with Crippen LogP contribution < -0.4 is 4.57 Å². The van der Waals surface area contributed by atoms with E-state index in [9.17, 15) is 0 Å². The van der Waals surface area contributed by atoms with Gasteiger partial charge in [0.1, 0.15) is 24.0 Å². The Balaban J connectivity index is 1.51. The third-order valence-electron chi connectivity index (χ3n) is 8.38. The molecule has 3 heteroatoms. The lowest BCUT2D eigenvalue weighted by Gasteiger charge is -2.21. The fraction of sp³-hybridized carbons (Fsp3) is 0.171. The first-order valence-corrected chi connectivity index (χ1v) is 13.1. The molecule has 0 N–H and O–H groups in total. The van der Waals surface area contributed by atoms with Gasteiger partial charge in [-0.2, -0.15) is 0 Å². The molecule has 0 fully saturated rings. The predicted molar refractivity (Wildman–Crippen MR) is 153 cm³/mol. The van der Waals surface area contributed by atoms with Crippen LogP contribution in [0.25, 0.3) is 55.4 Å². The first-order chi connectivity index (χ1) is 18.3. The van der Waals surface area contributed by atoms with E-state index in [0.29, 0.717) is 11.1 Å². The third-order valence-corrected chi connectivity index (χ3v) is 8.38. The average Bonchev–Trinajstić information content (AvgIpc) is 3.37. The van der Waals surface area contributed by atoms with Crippen LogP contribution in [0.3, 0.4) is 0 Å². The minimum Gasteiger partial charge on any atom is -0.454 e. The predicted octanol–water partition coefficient (Wildman–Crippen LogP) is 8.81. The summed E-state index contributed by atoms with van der Waals surface area (Å²) in [6, 6.07) is 26.8. The molecule has 2 nitrogen and oxygen atoms in total. The van der Waals surface area contributed by atoms with E-state index in [1.54, 1.807) is 6.07 Å². The van der Waals surface area contributed by atoms with Crippen LogP contribution in [-0.4, -0.2) is 0 Å². The van der Waals surface area contributed by atoms with Crippen LogP contribution in [0.2, 0.25) is 0 Å². The quantitative estimate of drug-likeness (QED) is 0.218. The average molecular weight is 499 g/mol. The molecule has 6 aromatic rings. The van der Waals surface area contributed by atoms with Gasteiger partial charge in [-0.05, 0) is 71.5 Å². The molecule has 4 aromatic carbocycles. The minimum absolute atomic E-state index is 0.0929. The fourth-order valence-electron chi connectivity index (χ4n) is 6.45. The van der Waals surface area contributed by atoms with E-state index in [4.69, 9.17) is 4.42 Å². The number of aromatic nitrogens is 1. The zero-order valence-corrected chi connectivity index (χ0v) is 22.3. The maximum absolute atomic E-state index is 15.7. The Labute approximate surface area is 222 Å². The van der Waals surface area contributed by atoms with Gasteiger partial charge < -0.3 is 4.42 Å². The molecule has 2 aromatic heterocycles. The number of halogens is 1. The molecule has 0 amide bonds. The molecule has 0 spiro atoms. The summed E-state index contributed by atoms with van der Waals surface area (Å²) < 4.78 is 24.5. The monoisotopic (exact) mass is 498 g/mol. The van der Waals surface area contributed by atoms with Crippen molar-refractivity contribution in [1.29, 1.82) is 0 Å². The van der Waals surface area contributed by atoms with E-state index in [2.05, 4.69) is 106 Å². The highest BCUT2D eigenvalue weighted by Crippen LogP contribution is 2.50. The van der Waals surface area contributed by atoms with E-state index < -0.39 is 0 Å². The van der Waals surface area contributed by atoms with Gasteiger partial charge >= 0.3 is 0 Å². The summed E-state index contributed by atoms with van der Waals surface area (Å²) in [4.78, 5) is 0. The van der Waals surface area contributed by atoms with Gasteiger partial charge in [0.15, 0.2) is 6.20 Å². The van der Waals surface area contributed by atoms with Gasteiger partial charge in [-0.15, -0.1) is 0 Å². The van der Waals surface area contributed by atoms with Crippen LogP contribution in [-0.2, 0) is 12.5 Å². The lowest BCUT2D eigenvalue weighted by atomic mass is 9.82. The first kappa shape index (κ1) is 22.9. The smallest absolute Gasteiger partial charge is 0.216 e. The van der Waals surface area contributed by atoms with Crippen LogP contribution in [0.4, 0.5) is 4.39 Å². The Morgan fingerprint density at radius 3 is 2.24 bits per heavy atom. The van der Waals surface area contributed by atoms with Crippen molar-refractivity contribution in [2.24, 2.45) is 7.05 Å². The minimum atomic E-state index is -0.277. The van der Waals surface area contributed by atoms with Gasteiger partial charge in [-0.25, -0.2) is 8.96 Å². The highest BCUT2D eigenvalue weighted by molar-refractivity contribution is 6.13. The van der Waals surface area contributed by atoms with E-state index >= 15 is 4.39 Å². The molecule has 1 aliphatic rings. The van der Waals surface area contributed by atoms with E-state index in [0.717, 1.165) is 38.7 Å². The van der Waals surface area contributed by atoms with Crippen molar-refractivity contribution in [3.05, 3.63) is 113 Å². The van der Waals surface area contributed by atoms with Crippen LogP contribution in [0, 0.1) is 19.7 Å².